The Kier molecular flexibility index (Phi) is 6.24. The summed E-state index contributed by atoms with van der Waals surface area (Å²) < 4.78 is 5.33. The molecule has 2 aromatic rings. The fourth-order valence-corrected chi connectivity index (χ4v) is 2.92. The van der Waals surface area contributed by atoms with Crippen molar-refractivity contribution in [2.75, 3.05) is 18.5 Å². The Morgan fingerprint density at radius 1 is 1.11 bits per heavy atom. The first-order valence-corrected chi connectivity index (χ1v) is 8.93. The van der Waals surface area contributed by atoms with Crippen LogP contribution in [0.3, 0.4) is 0 Å². The number of carboxylic acid groups (broad SMARTS) is 1. The van der Waals surface area contributed by atoms with Gasteiger partial charge in [-0.15, -0.1) is 0 Å². The molecule has 1 amide bonds. The van der Waals surface area contributed by atoms with Crippen molar-refractivity contribution >= 4 is 17.6 Å². The number of carbonyl (C=O) groups is 2. The molecule has 1 aliphatic heterocycles. The Balaban J connectivity index is 1.61. The number of benzene rings is 2. The summed E-state index contributed by atoms with van der Waals surface area (Å²) in [6, 6.07) is 13.8. The predicted molar refractivity (Wildman–Crippen MR) is 103 cm³/mol. The molecule has 1 heterocycles. The summed E-state index contributed by atoms with van der Waals surface area (Å²) in [5.41, 5.74) is 2.28. The summed E-state index contributed by atoms with van der Waals surface area (Å²) in [7, 11) is 0. The highest BCUT2D eigenvalue weighted by Gasteiger charge is 2.16. The van der Waals surface area contributed by atoms with Crippen LogP contribution in [-0.2, 0) is 9.53 Å². The molecule has 0 aromatic heterocycles. The van der Waals surface area contributed by atoms with Crippen molar-refractivity contribution in [2.45, 2.75) is 19.3 Å². The lowest BCUT2D eigenvalue weighted by atomic mass is 10.0. The molecule has 0 bridgehead atoms. The van der Waals surface area contributed by atoms with Crippen LogP contribution in [0.15, 0.2) is 48.5 Å². The summed E-state index contributed by atoms with van der Waals surface area (Å²) in [6.45, 7) is 1.55. The molecule has 0 aliphatic carbocycles. The van der Waals surface area contributed by atoms with Crippen LogP contribution in [0.5, 0.6) is 0 Å². The fraction of sp³-hybridized carbons (Fsp3) is 0.273. The number of amides is 1. The van der Waals surface area contributed by atoms with Gasteiger partial charge in [0.25, 0.3) is 0 Å². The Hall–Kier alpha value is -3.10. The second-order valence-corrected chi connectivity index (χ2v) is 6.53. The molecular weight excluding hydrogens is 342 g/mol. The molecule has 2 aromatic carbocycles. The summed E-state index contributed by atoms with van der Waals surface area (Å²) in [4.78, 5) is 23.1. The average molecular weight is 363 g/mol. The first-order chi connectivity index (χ1) is 13.1. The van der Waals surface area contributed by atoms with Crippen LogP contribution in [0.25, 0.3) is 0 Å². The van der Waals surface area contributed by atoms with Crippen molar-refractivity contribution < 1.29 is 19.4 Å². The fourth-order valence-electron chi connectivity index (χ4n) is 2.92. The van der Waals surface area contributed by atoms with Crippen molar-refractivity contribution in [3.8, 4) is 11.8 Å². The normalized spacial score (nSPS) is 15.6. The van der Waals surface area contributed by atoms with E-state index in [1.165, 1.54) is 12.1 Å². The quantitative estimate of drug-likeness (QED) is 0.797. The number of aromatic carboxylic acids is 1. The molecule has 1 saturated heterocycles. The number of rotatable bonds is 5. The van der Waals surface area contributed by atoms with Crippen LogP contribution in [0.1, 0.15) is 40.7 Å². The van der Waals surface area contributed by atoms with Gasteiger partial charge in [-0.3, -0.25) is 4.79 Å². The molecule has 0 spiro atoms. The van der Waals surface area contributed by atoms with Crippen LogP contribution in [0.4, 0.5) is 5.69 Å². The number of hydrogen-bond acceptors (Lipinski definition) is 3. The molecule has 5 nitrogen and oxygen atoms in total. The van der Waals surface area contributed by atoms with E-state index in [0.29, 0.717) is 23.6 Å². The minimum atomic E-state index is -0.979. The van der Waals surface area contributed by atoms with Crippen molar-refractivity contribution in [1.29, 1.82) is 0 Å². The van der Waals surface area contributed by atoms with Crippen molar-refractivity contribution in [3.05, 3.63) is 65.2 Å². The van der Waals surface area contributed by atoms with Crippen LogP contribution in [0, 0.1) is 17.8 Å². The van der Waals surface area contributed by atoms with E-state index in [1.807, 2.05) is 24.3 Å². The molecule has 3 rings (SSSR count). The summed E-state index contributed by atoms with van der Waals surface area (Å²) in [5, 5.41) is 11.9. The molecule has 0 radical (unpaired) electrons. The molecule has 27 heavy (non-hydrogen) atoms. The molecule has 138 valence electrons. The number of ether oxygens (including phenoxy) is 1. The van der Waals surface area contributed by atoms with Gasteiger partial charge in [-0.05, 0) is 55.2 Å². The molecule has 1 atom stereocenters. The summed E-state index contributed by atoms with van der Waals surface area (Å²) in [6.07, 6.45) is 2.35. The van der Waals surface area contributed by atoms with E-state index in [2.05, 4.69) is 17.2 Å². The number of carbonyl (C=O) groups excluding carboxylic acids is 1. The number of carboxylic acids is 1. The van der Waals surface area contributed by atoms with Gasteiger partial charge in [0.2, 0.25) is 5.91 Å². The van der Waals surface area contributed by atoms with Crippen LogP contribution < -0.4 is 5.32 Å². The Bertz CT molecular complexity index is 888. The van der Waals surface area contributed by atoms with E-state index in [9.17, 15) is 9.59 Å². The molecule has 1 unspecified atom stereocenters. The van der Waals surface area contributed by atoms with Gasteiger partial charge in [0.1, 0.15) is 0 Å². The third kappa shape index (κ3) is 5.70. The highest BCUT2D eigenvalue weighted by molar-refractivity contribution is 5.91. The minimum absolute atomic E-state index is 0.0128. The zero-order valence-electron chi connectivity index (χ0n) is 14.9. The molecule has 0 saturated carbocycles. The number of hydrogen-bond donors (Lipinski definition) is 2. The Labute approximate surface area is 158 Å². The predicted octanol–water partition coefficient (Wildman–Crippen LogP) is 3.54. The maximum absolute atomic E-state index is 12.1. The van der Waals surface area contributed by atoms with Crippen molar-refractivity contribution in [2.24, 2.45) is 5.92 Å². The standard InChI is InChI=1S/C22H21NO4/c24-21(10-9-18-11-12-27-15-18)23-20-6-2-4-17(14-20)8-7-16-3-1-5-19(13-16)22(25)26/h1-6,13-14,18H,9-12,15H2,(H,23,24)(H,25,26). The first-order valence-electron chi connectivity index (χ1n) is 8.93. The van der Waals surface area contributed by atoms with Gasteiger partial charge in [0, 0.05) is 36.4 Å². The second-order valence-electron chi connectivity index (χ2n) is 6.53. The average Bonchev–Trinajstić information content (AvgIpc) is 3.19. The maximum Gasteiger partial charge on any atom is 0.335 e. The lowest BCUT2D eigenvalue weighted by molar-refractivity contribution is -0.116. The zero-order chi connectivity index (χ0) is 19.1. The smallest absolute Gasteiger partial charge is 0.335 e. The van der Waals surface area contributed by atoms with E-state index >= 15 is 0 Å². The highest BCUT2D eigenvalue weighted by Crippen LogP contribution is 2.18. The maximum atomic E-state index is 12.1. The van der Waals surface area contributed by atoms with Gasteiger partial charge in [-0.1, -0.05) is 24.0 Å². The minimum Gasteiger partial charge on any atom is -0.478 e. The van der Waals surface area contributed by atoms with Gasteiger partial charge in [0.05, 0.1) is 5.56 Å². The third-order valence-electron chi connectivity index (χ3n) is 4.41. The van der Waals surface area contributed by atoms with E-state index < -0.39 is 5.97 Å². The monoisotopic (exact) mass is 363 g/mol. The SMILES string of the molecule is O=C(CCC1CCOC1)Nc1cccc(C#Cc2cccc(C(=O)O)c2)c1. The van der Waals surface area contributed by atoms with Gasteiger partial charge in [-0.2, -0.15) is 0 Å². The van der Waals surface area contributed by atoms with Gasteiger partial charge in [-0.25, -0.2) is 4.79 Å². The van der Waals surface area contributed by atoms with Gasteiger partial charge < -0.3 is 15.2 Å². The number of anilines is 1. The van der Waals surface area contributed by atoms with Crippen molar-refractivity contribution in [1.82, 2.24) is 0 Å². The number of nitrogens with one attached hydrogen (secondary N) is 1. The largest absolute Gasteiger partial charge is 0.478 e. The van der Waals surface area contributed by atoms with Crippen molar-refractivity contribution in [3.63, 3.8) is 0 Å². The van der Waals surface area contributed by atoms with Crippen LogP contribution in [0.2, 0.25) is 0 Å². The van der Waals surface area contributed by atoms with Gasteiger partial charge >= 0.3 is 5.97 Å². The molecule has 1 fully saturated rings. The Morgan fingerprint density at radius 2 is 1.85 bits per heavy atom. The zero-order valence-corrected chi connectivity index (χ0v) is 14.9. The van der Waals surface area contributed by atoms with E-state index in [1.54, 1.807) is 12.1 Å². The van der Waals surface area contributed by atoms with E-state index in [-0.39, 0.29) is 11.5 Å². The van der Waals surface area contributed by atoms with Crippen LogP contribution in [-0.4, -0.2) is 30.2 Å². The topological polar surface area (TPSA) is 75.6 Å². The molecule has 1 aliphatic rings. The lowest BCUT2D eigenvalue weighted by Crippen LogP contribution is -2.13. The third-order valence-corrected chi connectivity index (χ3v) is 4.41. The Morgan fingerprint density at radius 3 is 2.56 bits per heavy atom. The second kappa shape index (κ2) is 9.02. The summed E-state index contributed by atoms with van der Waals surface area (Å²) in [5.74, 6) is 5.45. The molecular formula is C22H21NO4. The van der Waals surface area contributed by atoms with E-state index in [4.69, 9.17) is 9.84 Å². The highest BCUT2D eigenvalue weighted by atomic mass is 16.5. The summed E-state index contributed by atoms with van der Waals surface area (Å²) >= 11 is 0. The molecule has 5 heteroatoms. The first kappa shape index (κ1) is 18.7. The van der Waals surface area contributed by atoms with E-state index in [0.717, 1.165) is 31.6 Å². The molecule has 2 N–H and O–H groups in total. The van der Waals surface area contributed by atoms with Gasteiger partial charge in [0.15, 0.2) is 0 Å². The van der Waals surface area contributed by atoms with Crippen LogP contribution >= 0.6 is 0 Å². The lowest BCUT2D eigenvalue weighted by Gasteiger charge is -2.08.